The predicted octanol–water partition coefficient (Wildman–Crippen LogP) is 3.21. The van der Waals surface area contributed by atoms with Crippen molar-refractivity contribution in [3.63, 3.8) is 0 Å². The number of aryl methyl sites for hydroxylation is 1. The lowest BCUT2D eigenvalue weighted by Crippen LogP contribution is -2.22. The maximum absolute atomic E-state index is 9.87. The Bertz CT molecular complexity index is 410. The summed E-state index contributed by atoms with van der Waals surface area (Å²) in [6, 6.07) is 0. The quantitative estimate of drug-likeness (QED) is 0.755. The molecule has 5 heteroatoms. The first-order chi connectivity index (χ1) is 8.93. The van der Waals surface area contributed by atoms with Gasteiger partial charge < -0.3 is 10.4 Å². The minimum atomic E-state index is -0.372. The summed E-state index contributed by atoms with van der Waals surface area (Å²) >= 11 is 6.10. The van der Waals surface area contributed by atoms with Crippen LogP contribution in [0.4, 0.5) is 5.82 Å². The number of aromatic nitrogens is 2. The summed E-state index contributed by atoms with van der Waals surface area (Å²) in [7, 11) is 0. The van der Waals surface area contributed by atoms with Gasteiger partial charge in [-0.15, -0.1) is 0 Å². The molecule has 4 nitrogen and oxygen atoms in total. The molecule has 0 fully saturated rings. The van der Waals surface area contributed by atoms with Crippen LogP contribution in [0.25, 0.3) is 0 Å². The van der Waals surface area contributed by atoms with E-state index in [1.165, 1.54) is 0 Å². The van der Waals surface area contributed by atoms with Crippen LogP contribution in [0.2, 0.25) is 5.15 Å². The van der Waals surface area contributed by atoms with Crippen LogP contribution in [0.15, 0.2) is 0 Å². The molecule has 0 bridgehead atoms. The van der Waals surface area contributed by atoms with Gasteiger partial charge in [-0.1, -0.05) is 32.4 Å². The molecule has 0 aromatic carbocycles. The number of aliphatic hydroxyl groups excluding tert-OH is 1. The molecule has 0 spiro atoms. The van der Waals surface area contributed by atoms with Crippen LogP contribution < -0.4 is 5.32 Å². The van der Waals surface area contributed by atoms with Gasteiger partial charge in [0.25, 0.3) is 0 Å². The molecule has 1 rings (SSSR count). The third kappa shape index (κ3) is 5.33. The molecule has 1 heterocycles. The molecule has 108 valence electrons. The Morgan fingerprint density at radius 3 is 2.58 bits per heavy atom. The lowest BCUT2D eigenvalue weighted by molar-refractivity contribution is 0.161. The summed E-state index contributed by atoms with van der Waals surface area (Å²) in [4.78, 5) is 8.71. The van der Waals surface area contributed by atoms with Crippen molar-refractivity contribution in [3.05, 3.63) is 16.5 Å². The highest BCUT2D eigenvalue weighted by Crippen LogP contribution is 2.20. The maximum Gasteiger partial charge on any atom is 0.137 e. The fourth-order valence-corrected chi connectivity index (χ4v) is 2.07. The summed E-state index contributed by atoms with van der Waals surface area (Å²) in [6.45, 7) is 8.63. The van der Waals surface area contributed by atoms with Crippen LogP contribution in [0.3, 0.4) is 0 Å². The average molecular weight is 286 g/mol. The number of hydrogen-bond donors (Lipinski definition) is 2. The molecule has 0 amide bonds. The van der Waals surface area contributed by atoms with E-state index in [-0.39, 0.29) is 6.10 Å². The van der Waals surface area contributed by atoms with Crippen molar-refractivity contribution in [1.82, 2.24) is 9.97 Å². The largest absolute Gasteiger partial charge is 0.391 e. The molecular weight excluding hydrogens is 262 g/mol. The smallest absolute Gasteiger partial charge is 0.137 e. The first-order valence-corrected chi connectivity index (χ1v) is 7.26. The number of anilines is 1. The highest BCUT2D eigenvalue weighted by atomic mass is 35.5. The Labute approximate surface area is 120 Å². The van der Waals surface area contributed by atoms with Crippen molar-refractivity contribution in [2.75, 3.05) is 11.9 Å². The molecule has 1 aromatic heterocycles. The first kappa shape index (κ1) is 16.2. The van der Waals surface area contributed by atoms with Gasteiger partial charge in [0.05, 0.1) is 6.10 Å². The van der Waals surface area contributed by atoms with E-state index < -0.39 is 0 Å². The van der Waals surface area contributed by atoms with E-state index in [1.54, 1.807) is 0 Å². The Balaban J connectivity index is 2.71. The monoisotopic (exact) mass is 285 g/mol. The summed E-state index contributed by atoms with van der Waals surface area (Å²) in [5, 5.41) is 13.5. The molecule has 0 saturated heterocycles. The second kappa shape index (κ2) is 7.65. The van der Waals surface area contributed by atoms with Crippen LogP contribution in [0.1, 0.15) is 45.0 Å². The van der Waals surface area contributed by atoms with Gasteiger partial charge in [-0.05, 0) is 25.7 Å². The summed E-state index contributed by atoms with van der Waals surface area (Å²) in [5.74, 6) is 1.95. The molecule has 2 N–H and O–H groups in total. The van der Waals surface area contributed by atoms with Crippen molar-refractivity contribution in [2.24, 2.45) is 5.92 Å². The van der Waals surface area contributed by atoms with Crippen LogP contribution in [0.5, 0.6) is 0 Å². The zero-order valence-corrected chi connectivity index (χ0v) is 13.0. The van der Waals surface area contributed by atoms with Gasteiger partial charge in [0.2, 0.25) is 0 Å². The number of nitrogens with one attached hydrogen (secondary N) is 1. The van der Waals surface area contributed by atoms with Gasteiger partial charge in [0.15, 0.2) is 0 Å². The van der Waals surface area contributed by atoms with Crippen LogP contribution >= 0.6 is 11.6 Å². The van der Waals surface area contributed by atoms with Crippen LogP contribution in [-0.2, 0) is 6.42 Å². The summed E-state index contributed by atoms with van der Waals surface area (Å²) < 4.78 is 0. The molecule has 19 heavy (non-hydrogen) atoms. The number of hydrogen-bond acceptors (Lipinski definition) is 4. The van der Waals surface area contributed by atoms with E-state index in [2.05, 4.69) is 36.1 Å². The van der Waals surface area contributed by atoms with Gasteiger partial charge in [0, 0.05) is 18.5 Å². The van der Waals surface area contributed by atoms with E-state index in [0.29, 0.717) is 17.6 Å². The third-order valence-electron chi connectivity index (χ3n) is 2.85. The van der Waals surface area contributed by atoms with Crippen LogP contribution in [0, 0.1) is 12.8 Å². The highest BCUT2D eigenvalue weighted by Gasteiger charge is 2.11. The minimum Gasteiger partial charge on any atom is -0.391 e. The molecule has 0 aliphatic heterocycles. The molecule has 0 aliphatic carbocycles. The Morgan fingerprint density at radius 2 is 2.00 bits per heavy atom. The van der Waals surface area contributed by atoms with Crippen molar-refractivity contribution in [1.29, 1.82) is 0 Å². The summed E-state index contributed by atoms with van der Waals surface area (Å²) in [5.41, 5.74) is 0.832. The Morgan fingerprint density at radius 1 is 1.32 bits per heavy atom. The average Bonchev–Trinajstić information content (AvgIpc) is 2.31. The zero-order valence-electron chi connectivity index (χ0n) is 12.2. The van der Waals surface area contributed by atoms with Crippen molar-refractivity contribution in [3.8, 4) is 0 Å². The number of halogens is 1. The van der Waals surface area contributed by atoms with Gasteiger partial charge in [-0.2, -0.15) is 0 Å². The first-order valence-electron chi connectivity index (χ1n) is 6.89. The number of nitrogens with zero attached hydrogens (tertiary/aromatic N) is 2. The maximum atomic E-state index is 9.87. The topological polar surface area (TPSA) is 58.0 Å². The fraction of sp³-hybridized carbons (Fsp3) is 0.714. The van der Waals surface area contributed by atoms with Crippen LogP contribution in [-0.4, -0.2) is 27.7 Å². The fourth-order valence-electron chi connectivity index (χ4n) is 1.88. The van der Waals surface area contributed by atoms with Gasteiger partial charge in [-0.25, -0.2) is 9.97 Å². The predicted molar refractivity (Wildman–Crippen MR) is 79.7 cm³/mol. The van der Waals surface area contributed by atoms with E-state index in [9.17, 15) is 5.11 Å². The Kier molecular flexibility index (Phi) is 6.52. The molecule has 0 aliphatic rings. The normalized spacial score (nSPS) is 12.8. The van der Waals surface area contributed by atoms with E-state index >= 15 is 0 Å². The molecule has 1 unspecified atom stereocenters. The van der Waals surface area contributed by atoms with Gasteiger partial charge in [-0.3, -0.25) is 0 Å². The Hall–Kier alpha value is -0.870. The van der Waals surface area contributed by atoms with Gasteiger partial charge >= 0.3 is 0 Å². The third-order valence-corrected chi connectivity index (χ3v) is 3.22. The van der Waals surface area contributed by atoms with Crippen molar-refractivity contribution in [2.45, 2.75) is 53.1 Å². The molecule has 0 radical (unpaired) electrons. The lowest BCUT2D eigenvalue weighted by atomic mass is 10.1. The van der Waals surface area contributed by atoms with E-state index in [1.807, 2.05) is 6.92 Å². The van der Waals surface area contributed by atoms with Crippen molar-refractivity contribution < 1.29 is 5.11 Å². The standard InChI is InChI=1S/C14H24ClN3O/c1-5-6-12-17-13(15)10(4)14(18-12)16-8-11(19)7-9(2)3/h9,11,19H,5-8H2,1-4H3,(H,16,17,18). The highest BCUT2D eigenvalue weighted by molar-refractivity contribution is 6.30. The molecule has 0 saturated carbocycles. The molecular formula is C14H24ClN3O. The SMILES string of the molecule is CCCc1nc(Cl)c(C)c(NCC(O)CC(C)C)n1. The minimum absolute atomic E-state index is 0.372. The second-order valence-electron chi connectivity index (χ2n) is 5.32. The number of aliphatic hydroxyl groups is 1. The van der Waals surface area contributed by atoms with E-state index in [0.717, 1.165) is 36.5 Å². The van der Waals surface area contributed by atoms with Crippen molar-refractivity contribution >= 4 is 17.4 Å². The lowest BCUT2D eigenvalue weighted by Gasteiger charge is -2.16. The number of rotatable bonds is 7. The molecule has 1 aromatic rings. The van der Waals surface area contributed by atoms with Gasteiger partial charge in [0.1, 0.15) is 16.8 Å². The molecule has 1 atom stereocenters. The summed E-state index contributed by atoms with van der Waals surface area (Å²) in [6.07, 6.45) is 2.19. The zero-order chi connectivity index (χ0) is 14.4. The van der Waals surface area contributed by atoms with E-state index in [4.69, 9.17) is 11.6 Å². The second-order valence-corrected chi connectivity index (χ2v) is 5.68.